The van der Waals surface area contributed by atoms with E-state index in [1.54, 1.807) is 0 Å². The van der Waals surface area contributed by atoms with E-state index in [0.29, 0.717) is 32.7 Å². The van der Waals surface area contributed by atoms with Crippen molar-refractivity contribution >= 4 is 11.9 Å². The fourth-order valence-electron chi connectivity index (χ4n) is 7.11. The lowest BCUT2D eigenvalue weighted by atomic mass is 9.88. The fraction of sp³-hybridized carbons (Fsp3) is 0.810. The molecule has 53 heavy (non-hydrogen) atoms. The second-order valence-corrected chi connectivity index (χ2v) is 14.8. The molecular formula is C42H72O11. The van der Waals surface area contributed by atoms with Crippen LogP contribution in [0.1, 0.15) is 122 Å². The van der Waals surface area contributed by atoms with Gasteiger partial charge in [-0.1, -0.05) is 52.0 Å². The molecule has 306 valence electrons. The van der Waals surface area contributed by atoms with E-state index in [2.05, 4.69) is 26.8 Å². The normalized spacial score (nSPS) is 31.3. The van der Waals surface area contributed by atoms with E-state index in [-0.39, 0.29) is 54.7 Å². The molecule has 0 N–H and O–H groups in total. The molecule has 11 heteroatoms. The number of epoxide rings is 1. The second-order valence-electron chi connectivity index (χ2n) is 14.8. The van der Waals surface area contributed by atoms with E-state index >= 15 is 0 Å². The molecule has 0 amide bonds. The number of esters is 2. The standard InChI is InChI=1S/C42H72O11/c1-14-36(50-33(11)46-16-3)30(8)41-37(51-41)25-27(5)19-18-20-28(6)40-29(7)21-22-38(48-31(9)43)42(13,53-34(12)47-17-4)24-23-35(26-39(44)52-40)49-32(10)45-15-2/h18-22,27,29-30,32-38,40-41H,14-17,23-26H2,1-13H3/b19-18+,22-21+,28-20+/t27-,29+,30-,32?,33?,34?,35-,36+,37-,38+,40-,41-,42-/m1/s1. The van der Waals surface area contributed by atoms with Crippen LogP contribution in [0.25, 0.3) is 0 Å². The van der Waals surface area contributed by atoms with Crippen LogP contribution in [-0.4, -0.2) is 92.9 Å². The Labute approximate surface area is 320 Å². The molecule has 2 aliphatic heterocycles. The number of allylic oxidation sites excluding steroid dienone is 3. The Hall–Kier alpha value is -2.12. The van der Waals surface area contributed by atoms with Gasteiger partial charge in [0.05, 0.1) is 30.8 Å². The first-order valence-corrected chi connectivity index (χ1v) is 20.0. The highest BCUT2D eigenvalue weighted by atomic mass is 16.7. The lowest BCUT2D eigenvalue weighted by Gasteiger charge is -2.39. The van der Waals surface area contributed by atoms with Crippen molar-refractivity contribution in [2.24, 2.45) is 17.8 Å². The maximum Gasteiger partial charge on any atom is 0.309 e. The van der Waals surface area contributed by atoms with Crippen LogP contribution in [0.4, 0.5) is 0 Å². The van der Waals surface area contributed by atoms with Crippen LogP contribution < -0.4 is 0 Å². The van der Waals surface area contributed by atoms with Gasteiger partial charge in [-0.05, 0) is 98.6 Å². The van der Waals surface area contributed by atoms with Gasteiger partial charge in [0.25, 0.3) is 0 Å². The van der Waals surface area contributed by atoms with Crippen LogP contribution in [0, 0.1) is 17.8 Å². The summed E-state index contributed by atoms with van der Waals surface area (Å²) in [6.07, 6.45) is 9.88. The first-order valence-electron chi connectivity index (χ1n) is 20.0. The van der Waals surface area contributed by atoms with E-state index in [4.69, 9.17) is 42.6 Å². The maximum absolute atomic E-state index is 13.5. The Morgan fingerprint density at radius 3 is 2.23 bits per heavy atom. The van der Waals surface area contributed by atoms with Gasteiger partial charge in [0.2, 0.25) is 0 Å². The smallest absolute Gasteiger partial charge is 0.309 e. The second kappa shape index (κ2) is 23.7. The summed E-state index contributed by atoms with van der Waals surface area (Å²) in [4.78, 5) is 25.9. The van der Waals surface area contributed by atoms with Crippen molar-refractivity contribution in [3.05, 3.63) is 36.0 Å². The SMILES string of the molecule is CCOC(C)O[C@@H]1CC[C@@](C)(OC(C)OCC)[C@@H](OC(C)=O)/C=C/[C@H](C)[C@@H](/C(C)=C/C=C/[C@@H](C)C[C@H]2O[C@@H]2[C@H](C)[C@H](CC)OC(C)OCC)OC(=O)C1. The van der Waals surface area contributed by atoms with Crippen molar-refractivity contribution in [3.63, 3.8) is 0 Å². The molecule has 0 aromatic heterocycles. The predicted octanol–water partition coefficient (Wildman–Crippen LogP) is 8.24. The number of ether oxygens (including phenoxy) is 9. The zero-order valence-corrected chi connectivity index (χ0v) is 35.0. The van der Waals surface area contributed by atoms with Gasteiger partial charge in [-0.3, -0.25) is 9.59 Å². The minimum atomic E-state index is -0.982. The minimum absolute atomic E-state index is 0.0231. The molecule has 0 aliphatic carbocycles. The fourth-order valence-corrected chi connectivity index (χ4v) is 7.11. The van der Waals surface area contributed by atoms with Gasteiger partial charge in [-0.2, -0.15) is 0 Å². The number of cyclic esters (lactones) is 1. The Kier molecular flexibility index (Phi) is 21.1. The van der Waals surface area contributed by atoms with Crippen LogP contribution in [0.3, 0.4) is 0 Å². The molecule has 1 saturated heterocycles. The number of hydrogen-bond acceptors (Lipinski definition) is 11. The number of hydrogen-bond donors (Lipinski definition) is 0. The molecule has 13 atom stereocenters. The molecule has 0 spiro atoms. The Bertz CT molecular complexity index is 1170. The third kappa shape index (κ3) is 16.6. The summed E-state index contributed by atoms with van der Waals surface area (Å²) in [5.41, 5.74) is -0.103. The lowest BCUT2D eigenvalue weighted by Crippen LogP contribution is -2.47. The number of carbonyl (C=O) groups is 2. The third-order valence-electron chi connectivity index (χ3n) is 9.95. The molecule has 2 aliphatic rings. The van der Waals surface area contributed by atoms with Crippen molar-refractivity contribution in [1.29, 1.82) is 0 Å². The van der Waals surface area contributed by atoms with Crippen LogP contribution in [0.15, 0.2) is 36.0 Å². The first-order chi connectivity index (χ1) is 25.1. The highest BCUT2D eigenvalue weighted by Crippen LogP contribution is 2.38. The average molecular weight is 753 g/mol. The molecule has 11 nitrogen and oxygen atoms in total. The van der Waals surface area contributed by atoms with Crippen LogP contribution in [0.5, 0.6) is 0 Å². The molecule has 0 radical (unpaired) electrons. The van der Waals surface area contributed by atoms with E-state index in [0.717, 1.165) is 18.4 Å². The highest BCUT2D eigenvalue weighted by Gasteiger charge is 2.46. The molecule has 0 saturated carbocycles. The Balaban J connectivity index is 2.28. The number of rotatable bonds is 21. The van der Waals surface area contributed by atoms with Gasteiger partial charge in [-0.25, -0.2) is 0 Å². The highest BCUT2D eigenvalue weighted by molar-refractivity contribution is 5.70. The van der Waals surface area contributed by atoms with E-state index in [9.17, 15) is 9.59 Å². The Morgan fingerprint density at radius 1 is 0.962 bits per heavy atom. The van der Waals surface area contributed by atoms with Gasteiger partial charge in [-0.15, -0.1) is 0 Å². The summed E-state index contributed by atoms with van der Waals surface area (Å²) in [5, 5.41) is 0. The van der Waals surface area contributed by atoms with Crippen LogP contribution in [-0.2, 0) is 52.2 Å². The summed E-state index contributed by atoms with van der Waals surface area (Å²) in [6.45, 7) is 26.6. The van der Waals surface area contributed by atoms with Crippen molar-refractivity contribution in [3.8, 4) is 0 Å². The quantitative estimate of drug-likeness (QED) is 0.0371. The maximum atomic E-state index is 13.5. The summed E-state index contributed by atoms with van der Waals surface area (Å²) in [5.74, 6) is -0.516. The van der Waals surface area contributed by atoms with Crippen molar-refractivity contribution in [2.45, 2.75) is 183 Å². The summed E-state index contributed by atoms with van der Waals surface area (Å²) in [7, 11) is 0. The molecular weight excluding hydrogens is 680 g/mol. The summed E-state index contributed by atoms with van der Waals surface area (Å²) < 4.78 is 53.9. The van der Waals surface area contributed by atoms with Crippen molar-refractivity contribution in [2.75, 3.05) is 19.8 Å². The van der Waals surface area contributed by atoms with E-state index in [1.807, 2.05) is 86.6 Å². The predicted molar refractivity (Wildman–Crippen MR) is 205 cm³/mol. The van der Waals surface area contributed by atoms with Gasteiger partial charge >= 0.3 is 11.9 Å². The molecule has 0 aromatic rings. The molecule has 0 bridgehead atoms. The van der Waals surface area contributed by atoms with E-state index < -0.39 is 42.5 Å². The molecule has 2 rings (SSSR count). The van der Waals surface area contributed by atoms with Gasteiger partial charge in [0.15, 0.2) is 18.9 Å². The van der Waals surface area contributed by atoms with Crippen LogP contribution >= 0.6 is 0 Å². The first kappa shape index (κ1) is 47.0. The summed E-state index contributed by atoms with van der Waals surface area (Å²) >= 11 is 0. The lowest BCUT2D eigenvalue weighted by molar-refractivity contribution is -0.230. The third-order valence-corrected chi connectivity index (χ3v) is 9.95. The zero-order valence-electron chi connectivity index (χ0n) is 35.0. The Morgan fingerprint density at radius 2 is 1.60 bits per heavy atom. The summed E-state index contributed by atoms with van der Waals surface area (Å²) in [6, 6.07) is 0. The van der Waals surface area contributed by atoms with Crippen molar-refractivity contribution < 1.29 is 52.2 Å². The van der Waals surface area contributed by atoms with E-state index in [1.165, 1.54) is 6.92 Å². The monoisotopic (exact) mass is 753 g/mol. The van der Waals surface area contributed by atoms with Crippen molar-refractivity contribution in [1.82, 2.24) is 0 Å². The number of carbonyl (C=O) groups excluding carboxylic acids is 2. The largest absolute Gasteiger partial charge is 0.457 e. The molecule has 3 unspecified atom stereocenters. The van der Waals surface area contributed by atoms with Gasteiger partial charge in [0.1, 0.15) is 17.8 Å². The topological polar surface area (TPSA) is 121 Å². The van der Waals surface area contributed by atoms with Gasteiger partial charge in [0, 0.05) is 38.6 Å². The average Bonchev–Trinajstić information content (AvgIpc) is 3.84. The van der Waals surface area contributed by atoms with Crippen LogP contribution in [0.2, 0.25) is 0 Å². The molecule has 1 fully saturated rings. The zero-order chi connectivity index (χ0) is 39.7. The minimum Gasteiger partial charge on any atom is -0.457 e. The van der Waals surface area contributed by atoms with Gasteiger partial charge < -0.3 is 42.6 Å². The molecule has 2 heterocycles. The molecule has 0 aromatic carbocycles.